The molecule has 116 valence electrons. The highest BCUT2D eigenvalue weighted by atomic mass is 19.3. The molecule has 7 heteroatoms. The summed E-state index contributed by atoms with van der Waals surface area (Å²) in [7, 11) is -0.524. The van der Waals surface area contributed by atoms with E-state index in [1.807, 2.05) is 27.7 Å². The summed E-state index contributed by atoms with van der Waals surface area (Å²) < 4.78 is 41.6. The molecule has 0 radical (unpaired) electrons. The summed E-state index contributed by atoms with van der Waals surface area (Å²) in [5.41, 5.74) is -0.140. The van der Waals surface area contributed by atoms with Crippen LogP contribution in [0.4, 0.5) is 8.78 Å². The molecule has 4 nitrogen and oxygen atoms in total. The van der Waals surface area contributed by atoms with Crippen molar-refractivity contribution in [2.45, 2.75) is 58.4 Å². The Labute approximate surface area is 123 Å². The zero-order valence-electron chi connectivity index (χ0n) is 12.9. The first-order valence-electron chi connectivity index (χ1n) is 6.89. The molecule has 1 aliphatic rings. The van der Waals surface area contributed by atoms with Gasteiger partial charge in [-0.25, -0.2) is 13.8 Å². The fourth-order valence-corrected chi connectivity index (χ4v) is 1.82. The third kappa shape index (κ3) is 3.35. The van der Waals surface area contributed by atoms with Crippen molar-refractivity contribution < 1.29 is 22.8 Å². The van der Waals surface area contributed by atoms with Gasteiger partial charge in [-0.15, -0.1) is 0 Å². The maximum atomic E-state index is 12.4. The molecular weight excluding hydrogens is 279 g/mol. The van der Waals surface area contributed by atoms with E-state index < -0.39 is 30.8 Å². The maximum Gasteiger partial charge on any atom is 0.496 e. The van der Waals surface area contributed by atoms with Crippen LogP contribution in [0.25, 0.3) is 0 Å². The average Bonchev–Trinajstić information content (AvgIpc) is 2.59. The van der Waals surface area contributed by atoms with E-state index in [0.29, 0.717) is 0 Å². The molecule has 0 spiro atoms. The van der Waals surface area contributed by atoms with Crippen LogP contribution in [0.5, 0.6) is 5.88 Å². The first-order chi connectivity index (χ1) is 9.62. The minimum absolute atomic E-state index is 0.156. The Hall–Kier alpha value is -1.21. The van der Waals surface area contributed by atoms with E-state index in [1.165, 1.54) is 13.1 Å². The fraction of sp³-hybridized carbons (Fsp3) is 0.643. The number of rotatable bonds is 4. The molecule has 0 saturated carbocycles. The lowest BCUT2D eigenvalue weighted by atomic mass is 9.80. The van der Waals surface area contributed by atoms with Gasteiger partial charge in [0.2, 0.25) is 5.88 Å². The van der Waals surface area contributed by atoms with Crippen molar-refractivity contribution >= 4 is 12.6 Å². The molecule has 0 aliphatic carbocycles. The first kappa shape index (κ1) is 16.2. The summed E-state index contributed by atoms with van der Waals surface area (Å²) in [6.45, 7) is 9.14. The van der Waals surface area contributed by atoms with Crippen LogP contribution in [0.3, 0.4) is 0 Å². The van der Waals surface area contributed by atoms with Gasteiger partial charge in [-0.3, -0.25) is 0 Å². The Morgan fingerprint density at radius 3 is 2.14 bits per heavy atom. The smallest absolute Gasteiger partial charge is 0.469 e. The Morgan fingerprint density at radius 2 is 1.71 bits per heavy atom. The zero-order chi connectivity index (χ0) is 15.8. The fourth-order valence-electron chi connectivity index (χ4n) is 1.82. The topological polar surface area (TPSA) is 40.6 Å². The molecular formula is C14H20BF2NO3. The van der Waals surface area contributed by atoms with Crippen molar-refractivity contribution in [1.82, 2.24) is 4.98 Å². The van der Waals surface area contributed by atoms with Crippen LogP contribution in [-0.2, 0) is 9.31 Å². The SMILES string of the molecule is CC(Oc1ccc(B2OC(C)(C)C(C)(C)O2)cn1)C(F)F. The number of aromatic nitrogens is 1. The quantitative estimate of drug-likeness (QED) is 0.801. The van der Waals surface area contributed by atoms with Gasteiger partial charge in [0.25, 0.3) is 6.43 Å². The Balaban J connectivity index is 2.07. The molecule has 1 aromatic heterocycles. The molecule has 0 N–H and O–H groups in total. The molecule has 1 aromatic rings. The number of hydrogen-bond acceptors (Lipinski definition) is 4. The van der Waals surface area contributed by atoms with Crippen LogP contribution in [-0.4, -0.2) is 35.8 Å². The maximum absolute atomic E-state index is 12.4. The normalized spacial score (nSPS) is 21.6. The second-order valence-corrected chi connectivity index (χ2v) is 6.18. The third-order valence-electron chi connectivity index (χ3n) is 3.95. The number of halogens is 2. The summed E-state index contributed by atoms with van der Waals surface area (Å²) in [6.07, 6.45) is -2.22. The van der Waals surface area contributed by atoms with Crippen molar-refractivity contribution in [2.24, 2.45) is 0 Å². The van der Waals surface area contributed by atoms with Crippen molar-refractivity contribution in [3.8, 4) is 5.88 Å². The van der Waals surface area contributed by atoms with E-state index >= 15 is 0 Å². The first-order valence-corrected chi connectivity index (χ1v) is 6.89. The molecule has 0 aromatic carbocycles. The summed E-state index contributed by atoms with van der Waals surface area (Å²) in [5, 5.41) is 0. The minimum atomic E-state index is -2.55. The van der Waals surface area contributed by atoms with Crippen LogP contribution in [0, 0.1) is 0 Å². The van der Waals surface area contributed by atoms with Gasteiger partial charge in [-0.1, -0.05) is 6.07 Å². The van der Waals surface area contributed by atoms with Gasteiger partial charge in [-0.05, 0) is 40.7 Å². The zero-order valence-corrected chi connectivity index (χ0v) is 12.9. The van der Waals surface area contributed by atoms with Crippen LogP contribution < -0.4 is 10.2 Å². The molecule has 0 amide bonds. The largest absolute Gasteiger partial charge is 0.496 e. The van der Waals surface area contributed by atoms with Crippen molar-refractivity contribution in [2.75, 3.05) is 0 Å². The number of pyridine rings is 1. The lowest BCUT2D eigenvalue weighted by Crippen LogP contribution is -2.41. The highest BCUT2D eigenvalue weighted by Gasteiger charge is 2.51. The molecule has 1 aliphatic heterocycles. The molecule has 21 heavy (non-hydrogen) atoms. The molecule has 0 bridgehead atoms. The van der Waals surface area contributed by atoms with Gasteiger partial charge >= 0.3 is 7.12 Å². The predicted octanol–water partition coefficient (Wildman–Crippen LogP) is 2.41. The Bertz CT molecular complexity index is 477. The molecule has 2 rings (SSSR count). The second kappa shape index (κ2) is 5.53. The second-order valence-electron chi connectivity index (χ2n) is 6.18. The van der Waals surface area contributed by atoms with Gasteiger partial charge in [-0.2, -0.15) is 0 Å². The van der Waals surface area contributed by atoms with Crippen LogP contribution >= 0.6 is 0 Å². The lowest BCUT2D eigenvalue weighted by molar-refractivity contribution is 0.00578. The van der Waals surface area contributed by atoms with Crippen LogP contribution in [0.1, 0.15) is 34.6 Å². The Morgan fingerprint density at radius 1 is 1.14 bits per heavy atom. The van der Waals surface area contributed by atoms with E-state index in [9.17, 15) is 8.78 Å². The summed E-state index contributed by atoms with van der Waals surface area (Å²) in [5.74, 6) is 0.156. The standard InChI is InChI=1S/C14H20BF2NO3/c1-9(12(16)17)19-11-7-6-10(8-18-11)15-20-13(2,3)14(4,5)21-15/h6-9,12H,1-5H3. The molecule has 1 unspecified atom stereocenters. The number of nitrogens with zero attached hydrogens (tertiary/aromatic N) is 1. The van der Waals surface area contributed by atoms with Gasteiger partial charge < -0.3 is 14.0 Å². The highest BCUT2D eigenvalue weighted by molar-refractivity contribution is 6.62. The van der Waals surface area contributed by atoms with E-state index in [4.69, 9.17) is 14.0 Å². The van der Waals surface area contributed by atoms with Crippen molar-refractivity contribution in [1.29, 1.82) is 0 Å². The summed E-state index contributed by atoms with van der Waals surface area (Å²) >= 11 is 0. The lowest BCUT2D eigenvalue weighted by Gasteiger charge is -2.32. The van der Waals surface area contributed by atoms with Gasteiger partial charge in [0.15, 0.2) is 6.10 Å². The summed E-state index contributed by atoms with van der Waals surface area (Å²) in [4.78, 5) is 4.03. The highest BCUT2D eigenvalue weighted by Crippen LogP contribution is 2.36. The van der Waals surface area contributed by atoms with Crippen LogP contribution in [0.15, 0.2) is 18.3 Å². The van der Waals surface area contributed by atoms with Gasteiger partial charge in [0.1, 0.15) is 0 Å². The molecule has 1 atom stereocenters. The number of hydrogen-bond donors (Lipinski definition) is 0. The summed E-state index contributed by atoms with van der Waals surface area (Å²) in [6, 6.07) is 3.25. The number of ether oxygens (including phenoxy) is 1. The van der Waals surface area contributed by atoms with Crippen LogP contribution in [0.2, 0.25) is 0 Å². The van der Waals surface area contributed by atoms with Crippen molar-refractivity contribution in [3.05, 3.63) is 18.3 Å². The van der Waals surface area contributed by atoms with E-state index in [2.05, 4.69) is 4.98 Å². The average molecular weight is 299 g/mol. The van der Waals surface area contributed by atoms with Gasteiger partial charge in [0.05, 0.1) is 11.2 Å². The van der Waals surface area contributed by atoms with Gasteiger partial charge in [0, 0.05) is 11.7 Å². The van der Waals surface area contributed by atoms with E-state index in [1.54, 1.807) is 12.1 Å². The number of alkyl halides is 2. The van der Waals surface area contributed by atoms with E-state index in [-0.39, 0.29) is 5.88 Å². The van der Waals surface area contributed by atoms with E-state index in [0.717, 1.165) is 5.46 Å². The third-order valence-corrected chi connectivity index (χ3v) is 3.95. The molecule has 2 heterocycles. The monoisotopic (exact) mass is 299 g/mol. The van der Waals surface area contributed by atoms with Crippen molar-refractivity contribution in [3.63, 3.8) is 0 Å². The Kier molecular flexibility index (Phi) is 4.26. The predicted molar refractivity (Wildman–Crippen MR) is 76.0 cm³/mol. The molecule has 1 saturated heterocycles. The molecule has 1 fully saturated rings. The minimum Gasteiger partial charge on any atom is -0.469 e.